The van der Waals surface area contributed by atoms with Gasteiger partial charge in [-0.05, 0) is 42.0 Å². The van der Waals surface area contributed by atoms with Gasteiger partial charge in [0.2, 0.25) is 10.0 Å². The van der Waals surface area contributed by atoms with E-state index in [2.05, 4.69) is 16.9 Å². The highest BCUT2D eigenvalue weighted by atomic mass is 32.2. The summed E-state index contributed by atoms with van der Waals surface area (Å²) >= 11 is 0. The molecule has 0 amide bonds. The summed E-state index contributed by atoms with van der Waals surface area (Å²) in [6, 6.07) is 16.1. The molecule has 2 aromatic carbocycles. The Morgan fingerprint density at radius 3 is 2.56 bits per heavy atom. The van der Waals surface area contributed by atoms with Crippen molar-refractivity contribution < 1.29 is 13.2 Å². The largest absolute Gasteiger partial charge is 0.492 e. The van der Waals surface area contributed by atoms with Crippen molar-refractivity contribution in [2.45, 2.75) is 49.4 Å². The third kappa shape index (κ3) is 4.03. The van der Waals surface area contributed by atoms with Crippen LogP contribution < -0.4 is 15.2 Å². The van der Waals surface area contributed by atoms with Crippen LogP contribution in [0.4, 0.5) is 0 Å². The summed E-state index contributed by atoms with van der Waals surface area (Å²) in [5.74, 6) is 1.00. The molecule has 1 saturated carbocycles. The molecule has 144 valence electrons. The number of ether oxygens (including phenoxy) is 1. The van der Waals surface area contributed by atoms with Gasteiger partial charge in [0.25, 0.3) is 0 Å². The molecular formula is C21H26N2O3S. The molecule has 0 unspecified atom stereocenters. The summed E-state index contributed by atoms with van der Waals surface area (Å²) in [6.45, 7) is 0.803. The second-order valence-corrected chi connectivity index (χ2v) is 9.61. The number of sulfonamides is 1. The van der Waals surface area contributed by atoms with E-state index in [4.69, 9.17) is 10.5 Å². The first kappa shape index (κ1) is 18.5. The van der Waals surface area contributed by atoms with Crippen LogP contribution in [0, 0.1) is 0 Å². The van der Waals surface area contributed by atoms with Gasteiger partial charge in [-0.15, -0.1) is 0 Å². The van der Waals surface area contributed by atoms with Crippen LogP contribution in [0.3, 0.4) is 0 Å². The monoisotopic (exact) mass is 386 g/mol. The fraction of sp³-hybridized carbons (Fsp3) is 0.429. The van der Waals surface area contributed by atoms with Crippen molar-refractivity contribution in [1.82, 2.24) is 4.72 Å². The van der Waals surface area contributed by atoms with Crippen LogP contribution in [0.1, 0.15) is 41.9 Å². The molecule has 0 aromatic heterocycles. The first-order chi connectivity index (χ1) is 13.0. The Hall–Kier alpha value is -1.89. The van der Waals surface area contributed by atoms with Crippen molar-refractivity contribution in [1.29, 1.82) is 0 Å². The molecule has 0 bridgehead atoms. The van der Waals surface area contributed by atoms with E-state index in [1.54, 1.807) is 0 Å². The van der Waals surface area contributed by atoms with Crippen LogP contribution in [0.5, 0.6) is 5.75 Å². The van der Waals surface area contributed by atoms with E-state index < -0.39 is 10.0 Å². The van der Waals surface area contributed by atoms with E-state index in [9.17, 15) is 8.42 Å². The van der Waals surface area contributed by atoms with E-state index >= 15 is 0 Å². The van der Waals surface area contributed by atoms with Gasteiger partial charge >= 0.3 is 0 Å². The number of fused-ring (bicyclic) bond motifs is 1. The van der Waals surface area contributed by atoms with E-state index in [1.165, 1.54) is 5.56 Å². The van der Waals surface area contributed by atoms with E-state index in [1.807, 2.05) is 36.4 Å². The van der Waals surface area contributed by atoms with Gasteiger partial charge in [-0.1, -0.05) is 48.9 Å². The summed E-state index contributed by atoms with van der Waals surface area (Å²) in [7, 11) is -3.22. The standard InChI is InChI=1S/C21H26N2O3S/c22-20-14-26-21-10-9-16(13-23-27(24,25)17-7-4-8-17)12-19(21)18(20)11-15-5-2-1-3-6-15/h1-3,5-6,9-10,12,17-18,20,23H,4,7-8,11,13-14,22H2/t18-,20-/m0/s1. The maximum Gasteiger partial charge on any atom is 0.214 e. The topological polar surface area (TPSA) is 81.4 Å². The number of benzene rings is 2. The molecule has 1 aliphatic carbocycles. The van der Waals surface area contributed by atoms with Crippen LogP contribution in [-0.4, -0.2) is 26.3 Å². The normalized spacial score (nSPS) is 22.6. The molecule has 1 fully saturated rings. The molecule has 4 rings (SSSR count). The molecule has 2 aromatic rings. The summed E-state index contributed by atoms with van der Waals surface area (Å²) < 4.78 is 33.1. The third-order valence-corrected chi connectivity index (χ3v) is 7.58. The van der Waals surface area contributed by atoms with Gasteiger partial charge in [-0.2, -0.15) is 0 Å². The van der Waals surface area contributed by atoms with E-state index in [0.717, 1.165) is 42.6 Å². The Morgan fingerprint density at radius 1 is 1.07 bits per heavy atom. The lowest BCUT2D eigenvalue weighted by Crippen LogP contribution is -2.39. The highest BCUT2D eigenvalue weighted by Crippen LogP contribution is 2.36. The van der Waals surface area contributed by atoms with E-state index in [0.29, 0.717) is 13.2 Å². The molecule has 2 atom stereocenters. The average molecular weight is 387 g/mol. The van der Waals surface area contributed by atoms with Gasteiger partial charge in [0.15, 0.2) is 0 Å². The third-order valence-electron chi connectivity index (χ3n) is 5.69. The molecule has 0 radical (unpaired) electrons. The zero-order valence-electron chi connectivity index (χ0n) is 15.3. The number of rotatable bonds is 6. The highest BCUT2D eigenvalue weighted by molar-refractivity contribution is 7.90. The average Bonchev–Trinajstić information content (AvgIpc) is 2.61. The van der Waals surface area contributed by atoms with Gasteiger partial charge < -0.3 is 10.5 Å². The second kappa shape index (κ2) is 7.62. The SMILES string of the molecule is N[C@H]1COc2ccc(CNS(=O)(=O)C3CCC3)cc2[C@@H]1Cc1ccccc1. The molecule has 0 spiro atoms. The molecule has 27 heavy (non-hydrogen) atoms. The van der Waals surface area contributed by atoms with Crippen LogP contribution in [0.2, 0.25) is 0 Å². The van der Waals surface area contributed by atoms with Crippen molar-refractivity contribution in [2.75, 3.05) is 6.61 Å². The van der Waals surface area contributed by atoms with Gasteiger partial charge in [-0.3, -0.25) is 0 Å². The lowest BCUT2D eigenvalue weighted by molar-refractivity contribution is 0.238. The van der Waals surface area contributed by atoms with Crippen LogP contribution in [-0.2, 0) is 23.0 Å². The first-order valence-corrected chi connectivity index (χ1v) is 11.1. The molecule has 5 nitrogen and oxygen atoms in total. The van der Waals surface area contributed by atoms with Gasteiger partial charge in [0, 0.05) is 18.5 Å². The second-order valence-electron chi connectivity index (χ2n) is 7.56. The highest BCUT2D eigenvalue weighted by Gasteiger charge is 2.31. The molecule has 1 aliphatic heterocycles. The molecule has 6 heteroatoms. The quantitative estimate of drug-likeness (QED) is 0.800. The molecule has 3 N–H and O–H groups in total. The van der Waals surface area contributed by atoms with E-state index in [-0.39, 0.29) is 17.2 Å². The minimum absolute atomic E-state index is 0.0837. The number of nitrogens with two attached hydrogens (primary N) is 1. The Kier molecular flexibility index (Phi) is 5.21. The van der Waals surface area contributed by atoms with Crippen molar-refractivity contribution in [3.8, 4) is 5.75 Å². The Balaban J connectivity index is 1.53. The maximum atomic E-state index is 12.3. The lowest BCUT2D eigenvalue weighted by atomic mass is 9.84. The fourth-order valence-electron chi connectivity index (χ4n) is 3.77. The summed E-state index contributed by atoms with van der Waals surface area (Å²) in [6.07, 6.45) is 3.37. The zero-order valence-corrected chi connectivity index (χ0v) is 16.1. The fourth-order valence-corrected chi connectivity index (χ4v) is 5.33. The lowest BCUT2D eigenvalue weighted by Gasteiger charge is -2.32. The van der Waals surface area contributed by atoms with Crippen LogP contribution in [0.15, 0.2) is 48.5 Å². The Labute approximate surface area is 161 Å². The molecule has 1 heterocycles. The van der Waals surface area contributed by atoms with Crippen molar-refractivity contribution >= 4 is 10.0 Å². The van der Waals surface area contributed by atoms with Crippen molar-refractivity contribution in [3.05, 3.63) is 65.2 Å². The predicted octanol–water partition coefficient (Wildman–Crippen LogP) is 2.70. The minimum atomic E-state index is -3.22. The predicted molar refractivity (Wildman–Crippen MR) is 106 cm³/mol. The van der Waals surface area contributed by atoms with Gasteiger partial charge in [-0.25, -0.2) is 13.1 Å². The Morgan fingerprint density at radius 2 is 1.85 bits per heavy atom. The van der Waals surface area contributed by atoms with Crippen LogP contribution >= 0.6 is 0 Å². The van der Waals surface area contributed by atoms with Gasteiger partial charge in [0.05, 0.1) is 5.25 Å². The van der Waals surface area contributed by atoms with Crippen molar-refractivity contribution in [3.63, 3.8) is 0 Å². The van der Waals surface area contributed by atoms with Crippen molar-refractivity contribution in [2.24, 2.45) is 5.73 Å². The molecule has 2 aliphatic rings. The minimum Gasteiger partial charge on any atom is -0.492 e. The number of hydrogen-bond donors (Lipinski definition) is 2. The first-order valence-electron chi connectivity index (χ1n) is 9.56. The molecule has 0 saturated heterocycles. The summed E-state index contributed by atoms with van der Waals surface area (Å²) in [5, 5.41) is -0.224. The van der Waals surface area contributed by atoms with Crippen LogP contribution in [0.25, 0.3) is 0 Å². The number of hydrogen-bond acceptors (Lipinski definition) is 4. The van der Waals surface area contributed by atoms with Gasteiger partial charge in [0.1, 0.15) is 12.4 Å². The smallest absolute Gasteiger partial charge is 0.214 e. The zero-order chi connectivity index (χ0) is 18.9. The maximum absolute atomic E-state index is 12.3. The summed E-state index contributed by atoms with van der Waals surface area (Å²) in [4.78, 5) is 0. The summed E-state index contributed by atoms with van der Waals surface area (Å²) in [5.41, 5.74) is 9.61. The molecular weight excluding hydrogens is 360 g/mol. The Bertz CT molecular complexity index is 895. The number of nitrogens with one attached hydrogen (secondary N) is 1.